The summed E-state index contributed by atoms with van der Waals surface area (Å²) in [6.45, 7) is 4.40. The van der Waals surface area contributed by atoms with Crippen LogP contribution >= 0.6 is 23.7 Å². The molecule has 0 saturated heterocycles. The Kier molecular flexibility index (Phi) is 5.68. The van der Waals surface area contributed by atoms with Gasteiger partial charge in [-0.05, 0) is 37.1 Å². The minimum absolute atomic E-state index is 0. The highest BCUT2D eigenvalue weighted by molar-refractivity contribution is 7.09. The van der Waals surface area contributed by atoms with Crippen LogP contribution in [0.1, 0.15) is 26.6 Å². The Labute approximate surface area is 129 Å². The number of thiazole rings is 1. The fraction of sp³-hybridized carbons (Fsp3) is 0.286. The quantitative estimate of drug-likeness (QED) is 0.948. The lowest BCUT2D eigenvalue weighted by Gasteiger charge is -2.17. The van der Waals surface area contributed by atoms with Crippen LogP contribution in [0, 0.1) is 13.8 Å². The van der Waals surface area contributed by atoms with Gasteiger partial charge in [-0.25, -0.2) is 4.98 Å². The van der Waals surface area contributed by atoms with Gasteiger partial charge in [-0.1, -0.05) is 6.07 Å². The Balaban J connectivity index is 0.00000200. The number of halogens is 1. The number of aromatic nitrogens is 1. The van der Waals surface area contributed by atoms with E-state index < -0.39 is 0 Å². The molecular weight excluding hydrogens is 294 g/mol. The molecule has 0 fully saturated rings. The number of amides is 1. The molecule has 0 spiro atoms. The molecule has 0 saturated carbocycles. The largest absolute Gasteiger partial charge is 0.325 e. The third kappa shape index (κ3) is 3.56. The molecule has 108 valence electrons. The highest BCUT2D eigenvalue weighted by Gasteiger charge is 2.17. The van der Waals surface area contributed by atoms with Gasteiger partial charge in [0.15, 0.2) is 0 Å². The van der Waals surface area contributed by atoms with Crippen LogP contribution in [-0.4, -0.2) is 17.9 Å². The van der Waals surface area contributed by atoms with Crippen molar-refractivity contribution >= 4 is 35.3 Å². The minimum atomic E-state index is -0.110. The highest BCUT2D eigenvalue weighted by atomic mass is 35.5. The van der Waals surface area contributed by atoms with E-state index >= 15 is 0 Å². The van der Waals surface area contributed by atoms with Crippen LogP contribution < -0.4 is 10.6 Å². The van der Waals surface area contributed by atoms with Crippen molar-refractivity contribution in [3.8, 4) is 0 Å². The highest BCUT2D eigenvalue weighted by Crippen LogP contribution is 2.20. The third-order valence-electron chi connectivity index (χ3n) is 2.84. The van der Waals surface area contributed by atoms with Gasteiger partial charge in [0.1, 0.15) is 10.7 Å². The van der Waals surface area contributed by atoms with Gasteiger partial charge in [0.2, 0.25) is 0 Å². The summed E-state index contributed by atoms with van der Waals surface area (Å²) in [6.07, 6.45) is 0. The number of aryl methyl sites for hydroxylation is 2. The van der Waals surface area contributed by atoms with Crippen molar-refractivity contribution in [2.24, 2.45) is 5.73 Å². The second-order valence-corrected chi connectivity index (χ2v) is 5.48. The summed E-state index contributed by atoms with van der Waals surface area (Å²) in [5.74, 6) is -0.110. The fourth-order valence-electron chi connectivity index (χ4n) is 1.94. The van der Waals surface area contributed by atoms with E-state index in [1.807, 2.05) is 26.0 Å². The first-order chi connectivity index (χ1) is 9.01. The third-order valence-corrected chi connectivity index (χ3v) is 3.72. The maximum atomic E-state index is 12.3. The number of nitrogens with two attached hydrogens (primary N) is 1. The van der Waals surface area contributed by atoms with Crippen molar-refractivity contribution in [3.05, 3.63) is 45.4 Å². The fourth-order valence-corrected chi connectivity index (χ4v) is 2.58. The molecule has 6 heteroatoms. The maximum Gasteiger partial charge on any atom is 0.277 e. The molecule has 0 unspecified atom stereocenters. The van der Waals surface area contributed by atoms with Gasteiger partial charge < -0.3 is 10.6 Å². The van der Waals surface area contributed by atoms with Crippen LogP contribution in [0.2, 0.25) is 0 Å². The van der Waals surface area contributed by atoms with Gasteiger partial charge in [-0.15, -0.1) is 23.7 Å². The van der Waals surface area contributed by atoms with Crippen molar-refractivity contribution in [2.45, 2.75) is 20.4 Å². The van der Waals surface area contributed by atoms with Crippen LogP contribution in [0.4, 0.5) is 5.69 Å². The molecule has 2 aromatic rings. The molecule has 1 amide bonds. The number of hydrogen-bond donors (Lipinski definition) is 1. The molecule has 1 heterocycles. The number of hydrogen-bond acceptors (Lipinski definition) is 4. The van der Waals surface area contributed by atoms with Crippen molar-refractivity contribution in [1.29, 1.82) is 0 Å². The summed E-state index contributed by atoms with van der Waals surface area (Å²) >= 11 is 1.41. The van der Waals surface area contributed by atoms with Gasteiger partial charge in [0, 0.05) is 24.7 Å². The molecule has 4 nitrogen and oxygen atoms in total. The molecule has 2 N–H and O–H groups in total. The van der Waals surface area contributed by atoms with Crippen LogP contribution in [-0.2, 0) is 6.54 Å². The lowest BCUT2D eigenvalue weighted by Crippen LogP contribution is -2.26. The first-order valence-corrected chi connectivity index (χ1v) is 6.90. The minimum Gasteiger partial charge on any atom is -0.325 e. The number of rotatable bonds is 3. The van der Waals surface area contributed by atoms with Gasteiger partial charge >= 0.3 is 0 Å². The molecular formula is C14H18ClN3OS. The Morgan fingerprint density at radius 1 is 1.30 bits per heavy atom. The average molecular weight is 312 g/mol. The Morgan fingerprint density at radius 2 is 1.90 bits per heavy atom. The SMILES string of the molecule is Cc1cc(C)cc(N(C)C(=O)c2csc(CN)n2)c1.Cl. The van der Waals surface area contributed by atoms with Crippen LogP contribution in [0.5, 0.6) is 0 Å². The van der Waals surface area contributed by atoms with E-state index in [1.165, 1.54) is 11.3 Å². The molecule has 0 aliphatic rings. The normalized spacial score (nSPS) is 10.0. The average Bonchev–Trinajstić information content (AvgIpc) is 2.84. The molecule has 20 heavy (non-hydrogen) atoms. The van der Waals surface area contributed by atoms with E-state index in [0.29, 0.717) is 12.2 Å². The zero-order valence-corrected chi connectivity index (χ0v) is 13.3. The zero-order valence-electron chi connectivity index (χ0n) is 11.7. The van der Waals surface area contributed by atoms with E-state index in [9.17, 15) is 4.79 Å². The molecule has 0 aliphatic heterocycles. The molecule has 0 radical (unpaired) electrons. The second kappa shape index (κ2) is 6.83. The summed E-state index contributed by atoms with van der Waals surface area (Å²) in [5.41, 5.74) is 9.11. The number of anilines is 1. The summed E-state index contributed by atoms with van der Waals surface area (Å²) in [6, 6.07) is 6.05. The van der Waals surface area contributed by atoms with Crippen molar-refractivity contribution in [1.82, 2.24) is 4.98 Å². The van der Waals surface area contributed by atoms with Gasteiger partial charge in [-0.2, -0.15) is 0 Å². The number of benzene rings is 1. The van der Waals surface area contributed by atoms with Gasteiger partial charge in [0.25, 0.3) is 5.91 Å². The lowest BCUT2D eigenvalue weighted by molar-refractivity contribution is 0.0989. The van der Waals surface area contributed by atoms with Crippen LogP contribution in [0.15, 0.2) is 23.6 Å². The summed E-state index contributed by atoms with van der Waals surface area (Å²) < 4.78 is 0. The molecule has 0 bridgehead atoms. The number of nitrogens with zero attached hydrogens (tertiary/aromatic N) is 2. The topological polar surface area (TPSA) is 59.2 Å². The smallest absolute Gasteiger partial charge is 0.277 e. The van der Waals surface area contributed by atoms with E-state index in [1.54, 1.807) is 17.3 Å². The summed E-state index contributed by atoms with van der Waals surface area (Å²) in [7, 11) is 1.76. The molecule has 0 aliphatic carbocycles. The Morgan fingerprint density at radius 3 is 2.40 bits per heavy atom. The van der Waals surface area contributed by atoms with Crippen LogP contribution in [0.25, 0.3) is 0 Å². The molecule has 1 aromatic heterocycles. The predicted octanol–water partition coefficient (Wildman–Crippen LogP) is 2.92. The second-order valence-electron chi connectivity index (χ2n) is 4.54. The lowest BCUT2D eigenvalue weighted by atomic mass is 10.1. The first kappa shape index (κ1) is 16.6. The summed E-state index contributed by atoms with van der Waals surface area (Å²) in [4.78, 5) is 18.2. The van der Waals surface area contributed by atoms with Crippen molar-refractivity contribution < 1.29 is 4.79 Å². The van der Waals surface area contributed by atoms with E-state index in [4.69, 9.17) is 5.73 Å². The monoisotopic (exact) mass is 311 g/mol. The van der Waals surface area contributed by atoms with Crippen molar-refractivity contribution in [3.63, 3.8) is 0 Å². The predicted molar refractivity (Wildman–Crippen MR) is 85.9 cm³/mol. The molecule has 1 aromatic carbocycles. The molecule has 2 rings (SSSR count). The number of carbonyl (C=O) groups is 1. The van der Waals surface area contributed by atoms with Gasteiger partial charge in [-0.3, -0.25) is 4.79 Å². The maximum absolute atomic E-state index is 12.3. The Bertz CT molecular complexity index is 592. The van der Waals surface area contributed by atoms with E-state index in [-0.39, 0.29) is 18.3 Å². The van der Waals surface area contributed by atoms with E-state index in [2.05, 4.69) is 11.1 Å². The van der Waals surface area contributed by atoms with Crippen LogP contribution in [0.3, 0.4) is 0 Å². The zero-order chi connectivity index (χ0) is 14.0. The molecule has 0 atom stereocenters. The Hall–Kier alpha value is -1.43. The summed E-state index contributed by atoms with van der Waals surface area (Å²) in [5, 5.41) is 2.53. The van der Waals surface area contributed by atoms with E-state index in [0.717, 1.165) is 21.8 Å². The standard InChI is InChI=1S/C14H17N3OS.ClH/c1-9-4-10(2)6-11(5-9)17(3)14(18)12-8-19-13(7-15)16-12;/h4-6,8H,7,15H2,1-3H3;1H. The van der Waals surface area contributed by atoms with Gasteiger partial charge in [0.05, 0.1) is 0 Å². The van der Waals surface area contributed by atoms with Crippen molar-refractivity contribution in [2.75, 3.05) is 11.9 Å². The first-order valence-electron chi connectivity index (χ1n) is 6.02. The number of carbonyl (C=O) groups excluding carboxylic acids is 1.